The molecule has 1 aromatic heterocycles. The quantitative estimate of drug-likeness (QED) is 0.279. The molecule has 0 saturated heterocycles. The van der Waals surface area contributed by atoms with Crippen molar-refractivity contribution in [3.63, 3.8) is 0 Å². The van der Waals surface area contributed by atoms with E-state index in [4.69, 9.17) is 27.9 Å². The number of halogens is 5. The first-order chi connectivity index (χ1) is 15.7. The number of nitrogens with one attached hydrogen (secondary N) is 1. The lowest BCUT2D eigenvalue weighted by Gasteiger charge is -2.19. The third kappa shape index (κ3) is 5.24. The topological polar surface area (TPSA) is 64.1 Å². The van der Waals surface area contributed by atoms with Crippen LogP contribution in [0.5, 0.6) is 11.6 Å². The van der Waals surface area contributed by atoms with E-state index in [-0.39, 0.29) is 16.5 Å². The molecule has 33 heavy (non-hydrogen) atoms. The van der Waals surface area contributed by atoms with Gasteiger partial charge >= 0.3 is 0 Å². The molecule has 1 amide bonds. The molecule has 4 rings (SSSR count). The van der Waals surface area contributed by atoms with Crippen LogP contribution < -0.4 is 10.1 Å². The van der Waals surface area contributed by atoms with Crippen LogP contribution >= 0.6 is 39.1 Å². The number of carbonyl (C=O) groups is 1. The average Bonchev–Trinajstić information content (AvgIpc) is 2.77. The minimum atomic E-state index is -3.42. The minimum absolute atomic E-state index is 0.0294. The molecule has 3 aromatic carbocycles. The Bertz CT molecular complexity index is 1350. The summed E-state index contributed by atoms with van der Waals surface area (Å²) in [5, 5.41) is 11.0. The van der Waals surface area contributed by atoms with E-state index in [1.165, 1.54) is 24.3 Å². The predicted octanol–water partition coefficient (Wildman–Crippen LogP) is 7.01. The number of hydrogen-bond acceptors (Lipinski definition) is 4. The van der Waals surface area contributed by atoms with Crippen LogP contribution in [0.1, 0.15) is 15.9 Å². The van der Waals surface area contributed by atoms with Crippen LogP contribution in [0.2, 0.25) is 10.0 Å². The van der Waals surface area contributed by atoms with E-state index in [0.29, 0.717) is 26.1 Å². The zero-order chi connectivity index (χ0) is 23.6. The lowest BCUT2D eigenvalue weighted by atomic mass is 10.1. The fourth-order valence-electron chi connectivity index (χ4n) is 3.13. The molecule has 10 heteroatoms. The number of nitrogens with zero attached hydrogens (tertiary/aromatic N) is 2. The summed E-state index contributed by atoms with van der Waals surface area (Å²) in [5.41, 5.74) is -0.0251. The van der Waals surface area contributed by atoms with E-state index in [2.05, 4.69) is 31.4 Å². The molecule has 0 aliphatic carbocycles. The van der Waals surface area contributed by atoms with Gasteiger partial charge < -0.3 is 10.1 Å². The molecule has 168 valence electrons. The van der Waals surface area contributed by atoms with Gasteiger partial charge in [0, 0.05) is 20.4 Å². The second-order valence-corrected chi connectivity index (χ2v) is 8.73. The molecule has 0 aliphatic heterocycles. The first-order valence-corrected chi connectivity index (χ1v) is 11.1. The van der Waals surface area contributed by atoms with E-state index in [0.717, 1.165) is 0 Å². The number of alkyl halides is 2. The molecule has 0 bridgehead atoms. The Morgan fingerprint density at radius 1 is 1.03 bits per heavy atom. The Kier molecular flexibility index (Phi) is 6.78. The van der Waals surface area contributed by atoms with Crippen molar-refractivity contribution in [2.45, 2.75) is 5.92 Å². The van der Waals surface area contributed by atoms with E-state index < -0.39 is 23.9 Å². The van der Waals surface area contributed by atoms with Crippen molar-refractivity contribution in [3.8, 4) is 11.6 Å². The molecule has 0 atom stereocenters. The molecule has 0 unspecified atom stereocenters. The van der Waals surface area contributed by atoms with E-state index in [1.807, 2.05) is 0 Å². The molecule has 0 saturated carbocycles. The highest BCUT2D eigenvalue weighted by Gasteiger charge is 2.35. The highest BCUT2D eigenvalue weighted by molar-refractivity contribution is 9.10. The van der Waals surface area contributed by atoms with Gasteiger partial charge in [-0.05, 0) is 36.4 Å². The Morgan fingerprint density at radius 3 is 2.58 bits per heavy atom. The largest absolute Gasteiger partial charge is 0.437 e. The Morgan fingerprint density at radius 2 is 1.82 bits per heavy atom. The molecular formula is C23H14BrCl2F2N3O2. The van der Waals surface area contributed by atoms with Gasteiger partial charge in [0.15, 0.2) is 0 Å². The maximum absolute atomic E-state index is 14.8. The number of aromatic nitrogens is 2. The summed E-state index contributed by atoms with van der Waals surface area (Å²) in [5.74, 6) is -4.05. The summed E-state index contributed by atoms with van der Waals surface area (Å²) in [7, 11) is 0. The Labute approximate surface area is 205 Å². The summed E-state index contributed by atoms with van der Waals surface area (Å²) in [6.45, 7) is -0.986. The summed E-state index contributed by atoms with van der Waals surface area (Å²) in [6, 6.07) is 17.2. The molecule has 0 radical (unpaired) electrons. The number of carbonyl (C=O) groups excluding carboxylic acids is 1. The van der Waals surface area contributed by atoms with Gasteiger partial charge in [-0.1, -0.05) is 69.5 Å². The minimum Gasteiger partial charge on any atom is -0.437 e. The average molecular weight is 553 g/mol. The lowest BCUT2D eigenvalue weighted by molar-refractivity contribution is -0.00239. The zero-order valence-electron chi connectivity index (χ0n) is 16.7. The van der Waals surface area contributed by atoms with Crippen molar-refractivity contribution in [1.82, 2.24) is 15.5 Å². The van der Waals surface area contributed by atoms with Gasteiger partial charge in [0.1, 0.15) is 11.3 Å². The summed E-state index contributed by atoms with van der Waals surface area (Å²) < 4.78 is 36.0. The third-order valence-corrected chi connectivity index (χ3v) is 5.71. The van der Waals surface area contributed by atoms with Gasteiger partial charge in [-0.25, -0.2) is 0 Å². The molecule has 1 N–H and O–H groups in total. The van der Waals surface area contributed by atoms with Crippen molar-refractivity contribution in [2.24, 2.45) is 0 Å². The maximum Gasteiger partial charge on any atom is 0.291 e. The van der Waals surface area contributed by atoms with Crippen LogP contribution in [-0.4, -0.2) is 22.6 Å². The van der Waals surface area contributed by atoms with Gasteiger partial charge in [-0.15, -0.1) is 10.2 Å². The van der Waals surface area contributed by atoms with Crippen LogP contribution in [0.25, 0.3) is 10.9 Å². The van der Waals surface area contributed by atoms with Gasteiger partial charge in [0.2, 0.25) is 0 Å². The number of ether oxygens (including phenoxy) is 1. The zero-order valence-corrected chi connectivity index (χ0v) is 19.8. The van der Waals surface area contributed by atoms with Crippen molar-refractivity contribution in [1.29, 1.82) is 0 Å². The number of hydrogen-bond donors (Lipinski definition) is 1. The van der Waals surface area contributed by atoms with Crippen molar-refractivity contribution in [2.75, 3.05) is 6.54 Å². The number of benzene rings is 3. The fourth-order valence-corrected chi connectivity index (χ4v) is 4.12. The van der Waals surface area contributed by atoms with E-state index in [9.17, 15) is 13.6 Å². The van der Waals surface area contributed by atoms with Crippen LogP contribution in [0, 0.1) is 0 Å². The van der Waals surface area contributed by atoms with Gasteiger partial charge in [-0.2, -0.15) is 8.78 Å². The molecule has 4 aromatic rings. The first-order valence-electron chi connectivity index (χ1n) is 9.55. The smallest absolute Gasteiger partial charge is 0.291 e. The second kappa shape index (κ2) is 9.59. The van der Waals surface area contributed by atoms with Crippen molar-refractivity contribution in [3.05, 3.63) is 92.4 Å². The molecule has 0 fully saturated rings. The maximum atomic E-state index is 14.8. The summed E-state index contributed by atoms with van der Waals surface area (Å²) >= 11 is 15.2. The van der Waals surface area contributed by atoms with Gasteiger partial charge in [0.05, 0.1) is 17.1 Å². The van der Waals surface area contributed by atoms with E-state index >= 15 is 0 Å². The molecule has 0 spiro atoms. The normalized spacial score (nSPS) is 11.4. The van der Waals surface area contributed by atoms with Crippen LogP contribution in [0.4, 0.5) is 8.78 Å². The lowest BCUT2D eigenvalue weighted by Crippen LogP contribution is -2.35. The van der Waals surface area contributed by atoms with Crippen LogP contribution in [-0.2, 0) is 5.92 Å². The Balaban J connectivity index is 1.66. The highest BCUT2D eigenvalue weighted by atomic mass is 79.9. The summed E-state index contributed by atoms with van der Waals surface area (Å²) in [6.07, 6.45) is 0. The fraction of sp³-hybridized carbons (Fsp3) is 0.0870. The second-order valence-electron chi connectivity index (χ2n) is 6.97. The Hall–Kier alpha value is -2.81. The van der Waals surface area contributed by atoms with Crippen LogP contribution in [0.15, 0.2) is 71.2 Å². The van der Waals surface area contributed by atoms with Crippen molar-refractivity contribution < 1.29 is 18.3 Å². The first kappa shape index (κ1) is 23.4. The van der Waals surface area contributed by atoms with Crippen LogP contribution in [0.3, 0.4) is 0 Å². The predicted molar refractivity (Wildman–Crippen MR) is 126 cm³/mol. The third-order valence-electron chi connectivity index (χ3n) is 4.67. The summed E-state index contributed by atoms with van der Waals surface area (Å²) in [4.78, 5) is 13.1. The number of fused-ring (bicyclic) bond motifs is 1. The van der Waals surface area contributed by atoms with Crippen molar-refractivity contribution >= 4 is 55.9 Å². The molecule has 1 heterocycles. The molecule has 5 nitrogen and oxygen atoms in total. The highest BCUT2D eigenvalue weighted by Crippen LogP contribution is 2.35. The van der Waals surface area contributed by atoms with Gasteiger partial charge in [-0.3, -0.25) is 4.79 Å². The van der Waals surface area contributed by atoms with Gasteiger partial charge in [0.25, 0.3) is 17.7 Å². The molecule has 0 aliphatic rings. The number of rotatable bonds is 6. The monoisotopic (exact) mass is 551 g/mol. The number of amides is 1. The van der Waals surface area contributed by atoms with E-state index in [1.54, 1.807) is 42.5 Å². The standard InChI is InChI=1S/C23H14BrCl2F2N3O2/c24-13-8-9-17(18(26)10-13)23(27,28)12-29-21(32)20-16-6-1-2-7-19(16)30-31-22(20)33-15-5-3-4-14(25)11-15/h1-11H,12H2,(H,29,32). The molecular weight excluding hydrogens is 539 g/mol. The SMILES string of the molecule is O=C(NCC(F)(F)c1ccc(Br)cc1Cl)c1c(Oc2cccc(Cl)c2)nnc2ccccc12.